The first kappa shape index (κ1) is 12.4. The third kappa shape index (κ3) is 2.61. The van der Waals surface area contributed by atoms with E-state index in [1.54, 1.807) is 4.90 Å². The number of piperidine rings is 1. The van der Waals surface area contributed by atoms with Gasteiger partial charge in [-0.1, -0.05) is 0 Å². The molecule has 0 saturated carbocycles. The van der Waals surface area contributed by atoms with E-state index in [9.17, 15) is 9.59 Å². The third-order valence-electron chi connectivity index (χ3n) is 3.27. The quantitative estimate of drug-likeness (QED) is 0.684. The summed E-state index contributed by atoms with van der Waals surface area (Å²) in [4.78, 5) is 24.6. The highest BCUT2D eigenvalue weighted by Gasteiger charge is 2.26. The van der Waals surface area contributed by atoms with Crippen LogP contribution in [0.4, 0.5) is 5.69 Å². The van der Waals surface area contributed by atoms with Gasteiger partial charge in [-0.05, 0) is 18.8 Å². The van der Waals surface area contributed by atoms with Crippen molar-refractivity contribution < 1.29 is 9.59 Å². The van der Waals surface area contributed by atoms with Gasteiger partial charge in [0.05, 0.1) is 11.9 Å². The van der Waals surface area contributed by atoms with Crippen LogP contribution < -0.4 is 11.5 Å². The Morgan fingerprint density at radius 3 is 2.61 bits per heavy atom. The summed E-state index contributed by atoms with van der Waals surface area (Å²) in [5.41, 5.74) is 11.5. The van der Waals surface area contributed by atoms with Gasteiger partial charge in [0.15, 0.2) is 0 Å². The van der Waals surface area contributed by atoms with Gasteiger partial charge in [-0.25, -0.2) is 0 Å². The second-order valence-electron chi connectivity index (χ2n) is 4.61. The predicted molar refractivity (Wildman–Crippen MR) is 65.4 cm³/mol. The van der Waals surface area contributed by atoms with Crippen LogP contribution in [0.3, 0.4) is 0 Å². The maximum absolute atomic E-state index is 12.1. The van der Waals surface area contributed by atoms with Crippen molar-refractivity contribution in [3.63, 3.8) is 0 Å². The van der Waals surface area contributed by atoms with Crippen molar-refractivity contribution in [2.75, 3.05) is 18.8 Å². The van der Waals surface area contributed by atoms with Gasteiger partial charge in [0.25, 0.3) is 5.91 Å². The van der Waals surface area contributed by atoms with Gasteiger partial charge in [0.2, 0.25) is 5.91 Å². The molecule has 2 heterocycles. The van der Waals surface area contributed by atoms with Crippen molar-refractivity contribution in [3.05, 3.63) is 11.9 Å². The van der Waals surface area contributed by atoms with Gasteiger partial charge < -0.3 is 16.4 Å². The highest BCUT2D eigenvalue weighted by molar-refractivity contribution is 5.97. The fourth-order valence-corrected chi connectivity index (χ4v) is 2.25. The number of aromatic amines is 1. The first-order valence-corrected chi connectivity index (χ1v) is 5.94. The lowest BCUT2D eigenvalue weighted by Crippen LogP contribution is -2.39. The summed E-state index contributed by atoms with van der Waals surface area (Å²) in [6, 6.07) is 0. The van der Waals surface area contributed by atoms with E-state index >= 15 is 0 Å². The predicted octanol–water partition coefficient (Wildman–Crippen LogP) is -0.281. The average Bonchev–Trinajstić information content (AvgIpc) is 2.75. The number of likely N-dealkylation sites (tertiary alicyclic amines) is 1. The van der Waals surface area contributed by atoms with Crippen molar-refractivity contribution in [2.45, 2.75) is 19.3 Å². The van der Waals surface area contributed by atoms with Crippen LogP contribution in [-0.4, -0.2) is 40.0 Å². The zero-order valence-electron chi connectivity index (χ0n) is 10.1. The van der Waals surface area contributed by atoms with Crippen molar-refractivity contribution in [2.24, 2.45) is 11.7 Å². The van der Waals surface area contributed by atoms with Gasteiger partial charge in [-0.2, -0.15) is 5.10 Å². The Balaban J connectivity index is 1.92. The molecule has 0 radical (unpaired) electrons. The van der Waals surface area contributed by atoms with Crippen LogP contribution in [0.1, 0.15) is 29.8 Å². The first-order valence-electron chi connectivity index (χ1n) is 5.94. The van der Waals surface area contributed by atoms with E-state index in [2.05, 4.69) is 10.2 Å². The second-order valence-corrected chi connectivity index (χ2v) is 4.61. The van der Waals surface area contributed by atoms with Crippen LogP contribution in [0, 0.1) is 5.92 Å². The summed E-state index contributed by atoms with van der Waals surface area (Å²) >= 11 is 0. The lowest BCUT2D eigenvalue weighted by Gasteiger charge is -2.31. The molecule has 1 aliphatic rings. The number of H-pyrrole nitrogens is 1. The molecule has 2 amide bonds. The minimum atomic E-state index is -0.280. The topological polar surface area (TPSA) is 118 Å². The number of amides is 2. The number of aromatic nitrogens is 2. The van der Waals surface area contributed by atoms with Crippen molar-refractivity contribution >= 4 is 17.5 Å². The summed E-state index contributed by atoms with van der Waals surface area (Å²) in [7, 11) is 0. The summed E-state index contributed by atoms with van der Waals surface area (Å²) in [6.45, 7) is 1.24. The standard InChI is InChI=1S/C11H17N5O2/c12-8-6-14-15-10(8)11(18)16-3-1-7(2-4-16)5-9(13)17/h6-7H,1-5,12H2,(H2,13,17)(H,14,15). The molecule has 0 atom stereocenters. The fraction of sp³-hybridized carbons (Fsp3) is 0.545. The van der Waals surface area contributed by atoms with Gasteiger partial charge in [0.1, 0.15) is 5.69 Å². The minimum absolute atomic E-state index is 0.137. The Labute approximate surface area is 105 Å². The van der Waals surface area contributed by atoms with E-state index in [1.807, 2.05) is 0 Å². The maximum Gasteiger partial charge on any atom is 0.274 e. The number of nitrogens with zero attached hydrogens (tertiary/aromatic N) is 2. The maximum atomic E-state index is 12.1. The number of nitrogens with two attached hydrogens (primary N) is 2. The summed E-state index contributed by atoms with van der Waals surface area (Å²) in [5, 5.41) is 6.34. The third-order valence-corrected chi connectivity index (χ3v) is 3.27. The number of nitrogen functional groups attached to an aromatic ring is 1. The first-order chi connectivity index (χ1) is 8.58. The summed E-state index contributed by atoms with van der Waals surface area (Å²) in [6.07, 6.45) is 3.41. The van der Waals surface area contributed by atoms with Crippen LogP contribution in [0.25, 0.3) is 0 Å². The highest BCUT2D eigenvalue weighted by Crippen LogP contribution is 2.22. The zero-order chi connectivity index (χ0) is 13.1. The van der Waals surface area contributed by atoms with Crippen LogP contribution in [0.15, 0.2) is 6.20 Å². The fourth-order valence-electron chi connectivity index (χ4n) is 2.25. The molecule has 0 bridgehead atoms. The lowest BCUT2D eigenvalue weighted by molar-refractivity contribution is -0.119. The molecule has 18 heavy (non-hydrogen) atoms. The summed E-state index contributed by atoms with van der Waals surface area (Å²) in [5.74, 6) is -0.134. The molecule has 1 aromatic heterocycles. The van der Waals surface area contributed by atoms with Gasteiger partial charge >= 0.3 is 0 Å². The molecule has 5 N–H and O–H groups in total. The van der Waals surface area contributed by atoms with E-state index < -0.39 is 0 Å². The Kier molecular flexibility index (Phi) is 3.50. The monoisotopic (exact) mass is 251 g/mol. The highest BCUT2D eigenvalue weighted by atomic mass is 16.2. The Morgan fingerprint density at radius 2 is 2.11 bits per heavy atom. The van der Waals surface area contributed by atoms with E-state index in [0.717, 1.165) is 12.8 Å². The number of hydrogen-bond acceptors (Lipinski definition) is 4. The normalized spacial score (nSPS) is 16.8. The molecule has 0 spiro atoms. The molecule has 7 heteroatoms. The smallest absolute Gasteiger partial charge is 0.274 e. The SMILES string of the molecule is NC(=O)CC1CCN(C(=O)c2[nH]ncc2N)CC1. The zero-order valence-corrected chi connectivity index (χ0v) is 10.1. The number of rotatable bonds is 3. The Morgan fingerprint density at radius 1 is 1.44 bits per heavy atom. The van der Waals surface area contributed by atoms with E-state index in [0.29, 0.717) is 30.9 Å². The lowest BCUT2D eigenvalue weighted by atomic mass is 9.93. The van der Waals surface area contributed by atoms with Crippen molar-refractivity contribution in [3.8, 4) is 0 Å². The van der Waals surface area contributed by atoms with Gasteiger partial charge in [-0.15, -0.1) is 0 Å². The average molecular weight is 251 g/mol. The number of carbonyl (C=O) groups is 2. The molecular formula is C11H17N5O2. The molecule has 2 rings (SSSR count). The minimum Gasteiger partial charge on any atom is -0.396 e. The molecule has 7 nitrogen and oxygen atoms in total. The second kappa shape index (κ2) is 5.07. The molecule has 1 aliphatic heterocycles. The Hall–Kier alpha value is -2.05. The molecule has 0 aromatic carbocycles. The number of primary amides is 1. The molecule has 1 fully saturated rings. The van der Waals surface area contributed by atoms with Crippen molar-refractivity contribution in [1.29, 1.82) is 0 Å². The molecule has 1 saturated heterocycles. The number of anilines is 1. The molecule has 98 valence electrons. The molecule has 1 aromatic rings. The summed E-state index contributed by atoms with van der Waals surface area (Å²) < 4.78 is 0. The van der Waals surface area contributed by atoms with Crippen molar-refractivity contribution in [1.82, 2.24) is 15.1 Å². The number of carbonyl (C=O) groups excluding carboxylic acids is 2. The van der Waals surface area contributed by atoms with Crippen LogP contribution in [0.5, 0.6) is 0 Å². The van der Waals surface area contributed by atoms with Gasteiger partial charge in [0, 0.05) is 19.5 Å². The molecular weight excluding hydrogens is 234 g/mol. The van der Waals surface area contributed by atoms with E-state index in [4.69, 9.17) is 11.5 Å². The van der Waals surface area contributed by atoms with E-state index in [1.165, 1.54) is 6.20 Å². The Bertz CT molecular complexity index is 448. The van der Waals surface area contributed by atoms with Crippen LogP contribution in [0.2, 0.25) is 0 Å². The number of hydrogen-bond donors (Lipinski definition) is 3. The van der Waals surface area contributed by atoms with Crippen LogP contribution in [-0.2, 0) is 4.79 Å². The number of nitrogens with one attached hydrogen (secondary N) is 1. The largest absolute Gasteiger partial charge is 0.396 e. The molecule has 0 unspecified atom stereocenters. The van der Waals surface area contributed by atoms with E-state index in [-0.39, 0.29) is 17.7 Å². The van der Waals surface area contributed by atoms with Gasteiger partial charge in [-0.3, -0.25) is 14.7 Å². The van der Waals surface area contributed by atoms with Crippen LogP contribution >= 0.6 is 0 Å². The molecule has 0 aliphatic carbocycles.